The number of carbonyl (C=O) groups excluding carboxylic acids is 4. The normalized spacial score (nSPS) is 34.2. The zero-order chi connectivity index (χ0) is 23.7. The number of likely N-dealkylation sites (N-methyl/N-ethyl adjacent to an activating group) is 1. The monoisotopic (exact) mass is 448 g/mol. The van der Waals surface area contributed by atoms with Crippen LogP contribution < -0.4 is 11.5 Å². The van der Waals surface area contributed by atoms with E-state index in [1.54, 1.807) is 19.0 Å². The van der Waals surface area contributed by atoms with Crippen molar-refractivity contribution in [3.8, 4) is 5.75 Å². The lowest BCUT2D eigenvalue weighted by molar-refractivity contribution is -0.182. The number of nitrogens with zero attached hydrogens (tertiary/aromatic N) is 2. The Morgan fingerprint density at radius 1 is 1.31 bits per heavy atom. The van der Waals surface area contributed by atoms with Gasteiger partial charge in [0.15, 0.2) is 28.9 Å². The average Bonchev–Trinajstić information content (AvgIpc) is 2.71. The van der Waals surface area contributed by atoms with Gasteiger partial charge in [0.25, 0.3) is 0 Å². The van der Waals surface area contributed by atoms with Crippen molar-refractivity contribution in [3.05, 3.63) is 17.1 Å². The third-order valence-corrected chi connectivity index (χ3v) is 7.36. The highest BCUT2D eigenvalue weighted by molar-refractivity contribution is 6.18. The molecule has 1 heterocycles. The number of aromatic hydroxyl groups is 1. The molecule has 172 valence electrons. The minimum Gasteiger partial charge on any atom is -0.504 e. The van der Waals surface area contributed by atoms with Gasteiger partial charge in [-0.05, 0) is 32.9 Å². The zero-order valence-corrected chi connectivity index (χ0v) is 17.9. The second kappa shape index (κ2) is 7.31. The zero-order valence-electron chi connectivity index (χ0n) is 17.9. The fourth-order valence-electron chi connectivity index (χ4n) is 5.95. The SMILES string of the molecule is COC12CC(C(N)=O)C(=O)C(N(C)C)C1CC1Cc3c(F)nc(N)c(O)c3C(=O)C1C2=O. The van der Waals surface area contributed by atoms with Crippen LogP contribution in [0.2, 0.25) is 0 Å². The van der Waals surface area contributed by atoms with Crippen LogP contribution in [0.5, 0.6) is 5.75 Å². The number of aromatic nitrogens is 1. The first kappa shape index (κ1) is 22.3. The van der Waals surface area contributed by atoms with Crippen molar-refractivity contribution in [2.75, 3.05) is 26.9 Å². The van der Waals surface area contributed by atoms with Gasteiger partial charge in [-0.2, -0.15) is 9.37 Å². The Morgan fingerprint density at radius 2 is 1.97 bits per heavy atom. The fraction of sp³-hybridized carbons (Fsp3) is 0.571. The van der Waals surface area contributed by atoms with Crippen LogP contribution in [0.15, 0.2) is 0 Å². The predicted octanol–water partition coefficient (Wildman–Crippen LogP) is -0.542. The smallest absolute Gasteiger partial charge is 0.228 e. The minimum atomic E-state index is -1.61. The molecule has 0 bridgehead atoms. The van der Waals surface area contributed by atoms with Crippen molar-refractivity contribution in [1.29, 1.82) is 0 Å². The van der Waals surface area contributed by atoms with Crippen LogP contribution in [0.25, 0.3) is 0 Å². The summed E-state index contributed by atoms with van der Waals surface area (Å²) >= 11 is 0. The number of anilines is 1. The number of nitrogens with two attached hydrogens (primary N) is 2. The molecule has 0 saturated heterocycles. The molecule has 1 aromatic heterocycles. The van der Waals surface area contributed by atoms with E-state index in [0.717, 1.165) is 0 Å². The second-order valence-corrected chi connectivity index (χ2v) is 9.07. The molecule has 1 amide bonds. The topological polar surface area (TPSA) is 166 Å². The number of halogens is 1. The molecule has 6 atom stereocenters. The first-order valence-electron chi connectivity index (χ1n) is 10.3. The first-order valence-corrected chi connectivity index (χ1v) is 10.3. The summed E-state index contributed by atoms with van der Waals surface area (Å²) in [7, 11) is 4.59. The summed E-state index contributed by atoms with van der Waals surface area (Å²) in [6.07, 6.45) is -0.109. The van der Waals surface area contributed by atoms with Gasteiger partial charge >= 0.3 is 0 Å². The maximum absolute atomic E-state index is 14.5. The van der Waals surface area contributed by atoms with E-state index in [9.17, 15) is 28.7 Å². The minimum absolute atomic E-state index is 0.0337. The summed E-state index contributed by atoms with van der Waals surface area (Å²) in [4.78, 5) is 57.4. The molecule has 0 spiro atoms. The maximum Gasteiger partial charge on any atom is 0.228 e. The third kappa shape index (κ3) is 2.80. The lowest BCUT2D eigenvalue weighted by Crippen LogP contribution is -2.70. The van der Waals surface area contributed by atoms with Gasteiger partial charge < -0.3 is 21.3 Å². The van der Waals surface area contributed by atoms with Gasteiger partial charge in [-0.15, -0.1) is 0 Å². The van der Waals surface area contributed by atoms with Crippen molar-refractivity contribution in [2.24, 2.45) is 29.4 Å². The Kier molecular flexibility index (Phi) is 5.09. The number of primary amides is 1. The van der Waals surface area contributed by atoms with Gasteiger partial charge in [0, 0.05) is 25.0 Å². The van der Waals surface area contributed by atoms with Gasteiger partial charge in [0.1, 0.15) is 11.5 Å². The number of nitrogen functional groups attached to an aromatic ring is 1. The Hall–Kier alpha value is -2.92. The highest BCUT2D eigenvalue weighted by Crippen LogP contribution is 2.53. The van der Waals surface area contributed by atoms with Gasteiger partial charge in [-0.1, -0.05) is 0 Å². The summed E-state index contributed by atoms with van der Waals surface area (Å²) in [6.45, 7) is 0. The van der Waals surface area contributed by atoms with Crippen molar-refractivity contribution in [3.63, 3.8) is 0 Å². The highest BCUT2D eigenvalue weighted by atomic mass is 19.1. The molecule has 32 heavy (non-hydrogen) atoms. The number of ether oxygens (including phenoxy) is 1. The number of hydrogen-bond acceptors (Lipinski definition) is 9. The number of Topliss-reactive ketones (excluding diaryl/α,β-unsaturated/α-hetero) is 3. The van der Waals surface area contributed by atoms with E-state index >= 15 is 0 Å². The number of amides is 1. The average molecular weight is 448 g/mol. The van der Waals surface area contributed by atoms with Crippen LogP contribution in [0.4, 0.5) is 10.2 Å². The van der Waals surface area contributed by atoms with Crippen LogP contribution >= 0.6 is 0 Å². The molecule has 6 unspecified atom stereocenters. The molecule has 4 rings (SSSR count). The van der Waals surface area contributed by atoms with Crippen LogP contribution in [0.1, 0.15) is 28.8 Å². The van der Waals surface area contributed by atoms with Crippen LogP contribution in [0, 0.1) is 29.6 Å². The number of carbonyl (C=O) groups is 4. The molecule has 2 saturated carbocycles. The van der Waals surface area contributed by atoms with E-state index in [4.69, 9.17) is 16.2 Å². The van der Waals surface area contributed by atoms with E-state index in [0.29, 0.717) is 0 Å². The summed E-state index contributed by atoms with van der Waals surface area (Å²) in [5.41, 5.74) is 8.94. The molecule has 10 nitrogen and oxygen atoms in total. The molecule has 11 heteroatoms. The van der Waals surface area contributed by atoms with Crippen LogP contribution in [0.3, 0.4) is 0 Å². The van der Waals surface area contributed by atoms with Crippen molar-refractivity contribution in [2.45, 2.75) is 30.9 Å². The van der Waals surface area contributed by atoms with Crippen LogP contribution in [-0.4, -0.2) is 71.1 Å². The van der Waals surface area contributed by atoms with Crippen molar-refractivity contribution >= 4 is 29.1 Å². The van der Waals surface area contributed by atoms with Gasteiger partial charge in [-0.25, -0.2) is 0 Å². The number of rotatable bonds is 3. The fourth-order valence-corrected chi connectivity index (χ4v) is 5.95. The summed E-state index contributed by atoms with van der Waals surface area (Å²) in [6, 6.07) is -0.856. The molecular formula is C21H25FN4O6. The first-order chi connectivity index (χ1) is 15.0. The number of ketones is 3. The third-order valence-electron chi connectivity index (χ3n) is 7.36. The molecule has 1 aromatic rings. The maximum atomic E-state index is 14.5. The predicted molar refractivity (Wildman–Crippen MR) is 108 cm³/mol. The Bertz CT molecular complexity index is 1060. The van der Waals surface area contributed by atoms with Gasteiger partial charge in [-0.3, -0.25) is 24.1 Å². The van der Waals surface area contributed by atoms with Crippen molar-refractivity contribution in [1.82, 2.24) is 9.88 Å². The van der Waals surface area contributed by atoms with E-state index in [-0.39, 0.29) is 30.4 Å². The van der Waals surface area contributed by atoms with Gasteiger partial charge in [0.05, 0.1) is 17.5 Å². The van der Waals surface area contributed by atoms with E-state index < -0.39 is 76.1 Å². The largest absolute Gasteiger partial charge is 0.504 e. The van der Waals surface area contributed by atoms with Crippen molar-refractivity contribution < 1.29 is 33.4 Å². The molecule has 0 radical (unpaired) electrons. The number of pyridine rings is 1. The number of hydrogen-bond donors (Lipinski definition) is 3. The van der Waals surface area contributed by atoms with E-state index in [2.05, 4.69) is 4.98 Å². The number of methoxy groups -OCH3 is 1. The molecule has 0 aromatic carbocycles. The lowest BCUT2D eigenvalue weighted by atomic mass is 9.52. The molecule has 3 aliphatic rings. The standard InChI is InChI=1S/C21H25FN4O6/c1-26(2)13-10-5-7-4-8-12(16(29)19(23)25-18(8)22)15(28)11(7)17(30)21(10,32-3)6-9(14(13)27)20(24)31/h7,9-11,13,29H,4-6H2,1-3H3,(H2,23,25)(H2,24,31). The molecular weight excluding hydrogens is 423 g/mol. The Balaban J connectivity index is 1.88. The van der Waals surface area contributed by atoms with Crippen LogP contribution in [-0.2, 0) is 25.5 Å². The molecule has 3 aliphatic carbocycles. The quantitative estimate of drug-likeness (QED) is 0.406. The Labute approximate surface area is 183 Å². The second-order valence-electron chi connectivity index (χ2n) is 9.07. The Morgan fingerprint density at radius 3 is 2.53 bits per heavy atom. The summed E-state index contributed by atoms with van der Waals surface area (Å²) < 4.78 is 20.3. The van der Waals surface area contributed by atoms with Gasteiger partial charge in [0.2, 0.25) is 11.9 Å². The molecule has 2 fully saturated rings. The number of fused-ring (bicyclic) bond motifs is 3. The summed E-state index contributed by atoms with van der Waals surface area (Å²) in [5, 5.41) is 10.3. The highest BCUT2D eigenvalue weighted by Gasteiger charge is 2.65. The summed E-state index contributed by atoms with van der Waals surface area (Å²) in [5.74, 6) is -8.62. The lowest BCUT2D eigenvalue weighted by Gasteiger charge is -2.55. The molecule has 5 N–H and O–H groups in total. The van der Waals surface area contributed by atoms with E-state index in [1.807, 2.05) is 0 Å². The molecule has 0 aliphatic heterocycles. The van der Waals surface area contributed by atoms with E-state index in [1.165, 1.54) is 7.11 Å².